The van der Waals surface area contributed by atoms with Crippen LogP contribution in [0.5, 0.6) is 0 Å². The lowest BCUT2D eigenvalue weighted by atomic mass is 9.86. The average Bonchev–Trinajstić information content (AvgIpc) is 3.13. The van der Waals surface area contributed by atoms with E-state index in [1.165, 1.54) is 7.05 Å². The summed E-state index contributed by atoms with van der Waals surface area (Å²) >= 11 is 0. The van der Waals surface area contributed by atoms with E-state index < -0.39 is 12.0 Å². The minimum atomic E-state index is -4.53. The largest absolute Gasteiger partial charge is 0.451 e. The van der Waals surface area contributed by atoms with Gasteiger partial charge in [-0.1, -0.05) is 0 Å². The molecule has 0 amide bonds. The number of nitrogens with one attached hydrogen (secondary N) is 2. The number of anilines is 1. The highest BCUT2D eigenvalue weighted by atomic mass is 19.4. The number of halogens is 3. The van der Waals surface area contributed by atoms with Gasteiger partial charge in [0.15, 0.2) is 5.82 Å². The zero-order chi connectivity index (χ0) is 17.8. The van der Waals surface area contributed by atoms with Gasteiger partial charge in [0, 0.05) is 19.2 Å². The number of hydrogen-bond acceptors (Lipinski definition) is 5. The van der Waals surface area contributed by atoms with E-state index >= 15 is 0 Å². The molecule has 6 nitrogen and oxygen atoms in total. The van der Waals surface area contributed by atoms with Crippen molar-refractivity contribution in [1.82, 2.24) is 25.1 Å². The van der Waals surface area contributed by atoms with Crippen molar-refractivity contribution in [3.63, 3.8) is 0 Å². The van der Waals surface area contributed by atoms with Crippen LogP contribution in [0.25, 0.3) is 11.4 Å². The van der Waals surface area contributed by atoms with Crippen LogP contribution in [-0.2, 0) is 19.6 Å². The van der Waals surface area contributed by atoms with Crippen LogP contribution < -0.4 is 10.6 Å². The lowest BCUT2D eigenvalue weighted by Crippen LogP contribution is -2.44. The van der Waals surface area contributed by atoms with E-state index in [0.29, 0.717) is 11.3 Å². The first-order valence-corrected chi connectivity index (χ1v) is 8.25. The molecular weight excluding hydrogens is 333 g/mol. The number of pyridine rings is 1. The Balaban J connectivity index is 1.71. The molecule has 4 rings (SSSR count). The van der Waals surface area contributed by atoms with Gasteiger partial charge < -0.3 is 10.6 Å². The molecule has 0 bridgehead atoms. The van der Waals surface area contributed by atoms with Gasteiger partial charge in [0.2, 0.25) is 5.82 Å². The monoisotopic (exact) mass is 352 g/mol. The molecule has 1 fully saturated rings. The minimum Gasteiger partial charge on any atom is -0.363 e. The number of aryl methyl sites for hydroxylation is 3. The molecule has 0 aromatic carbocycles. The second-order valence-corrected chi connectivity index (χ2v) is 6.84. The van der Waals surface area contributed by atoms with Crippen molar-refractivity contribution in [3.8, 4) is 11.4 Å². The van der Waals surface area contributed by atoms with Crippen LogP contribution in [0.2, 0.25) is 0 Å². The van der Waals surface area contributed by atoms with E-state index in [-0.39, 0.29) is 11.4 Å². The van der Waals surface area contributed by atoms with Crippen LogP contribution in [-0.4, -0.2) is 38.4 Å². The van der Waals surface area contributed by atoms with Crippen LogP contribution in [0, 0.1) is 6.92 Å². The highest BCUT2D eigenvalue weighted by Crippen LogP contribution is 2.36. The van der Waals surface area contributed by atoms with Crippen LogP contribution in [0.3, 0.4) is 0 Å². The number of rotatable bonds is 1. The summed E-state index contributed by atoms with van der Waals surface area (Å²) in [5.41, 5.74) is 2.21. The molecule has 1 atom stereocenters. The number of nitrogens with zero attached hydrogens (tertiary/aromatic N) is 4. The fourth-order valence-electron chi connectivity index (χ4n) is 3.67. The number of alkyl halides is 3. The van der Waals surface area contributed by atoms with Crippen LogP contribution in [0.15, 0.2) is 6.07 Å². The number of fused-ring (bicyclic) bond motifs is 1. The van der Waals surface area contributed by atoms with Gasteiger partial charge in [0.1, 0.15) is 5.82 Å². The van der Waals surface area contributed by atoms with Gasteiger partial charge in [-0.25, -0.2) is 14.6 Å². The SMILES string of the molecule is Cc1nc2c(cc1-c1nc(C(F)(F)F)n(C)n1)CCC1(CCNC1)N2. The standard InChI is InChI=1S/C16H19F3N6/c1-9-11(13-22-14(16(17,18)19)25(2)24-13)7-10-3-4-15(5-6-20-8-15)23-12(10)21-9/h7,20H,3-6,8H2,1-2H3,(H,21,23). The van der Waals surface area contributed by atoms with Crippen LogP contribution in [0.4, 0.5) is 19.0 Å². The molecule has 2 aromatic heterocycles. The van der Waals surface area contributed by atoms with E-state index in [4.69, 9.17) is 0 Å². The normalized spacial score (nSPS) is 22.9. The predicted octanol–water partition coefficient (Wildman–Crippen LogP) is 2.29. The van der Waals surface area contributed by atoms with Crippen molar-refractivity contribution in [2.75, 3.05) is 18.4 Å². The Labute approximate surface area is 142 Å². The number of aromatic nitrogens is 4. The van der Waals surface area contributed by atoms with Gasteiger partial charge in [-0.3, -0.25) is 0 Å². The Hall–Kier alpha value is -2.16. The highest BCUT2D eigenvalue weighted by molar-refractivity contribution is 5.64. The van der Waals surface area contributed by atoms with Gasteiger partial charge >= 0.3 is 6.18 Å². The smallest absolute Gasteiger partial charge is 0.363 e. The molecule has 1 unspecified atom stereocenters. The van der Waals surface area contributed by atoms with Crippen molar-refractivity contribution in [2.24, 2.45) is 7.05 Å². The third-order valence-electron chi connectivity index (χ3n) is 5.05. The molecule has 0 radical (unpaired) electrons. The summed E-state index contributed by atoms with van der Waals surface area (Å²) in [4.78, 5) is 8.29. The van der Waals surface area contributed by atoms with Crippen molar-refractivity contribution in [2.45, 2.75) is 37.9 Å². The zero-order valence-corrected chi connectivity index (χ0v) is 14.0. The first kappa shape index (κ1) is 16.3. The third-order valence-corrected chi connectivity index (χ3v) is 5.05. The topological polar surface area (TPSA) is 67.7 Å². The van der Waals surface area contributed by atoms with E-state index in [1.807, 2.05) is 6.07 Å². The fourth-order valence-corrected chi connectivity index (χ4v) is 3.67. The average molecular weight is 352 g/mol. The molecule has 1 saturated heterocycles. The Morgan fingerprint density at radius 3 is 2.68 bits per heavy atom. The molecule has 1 spiro atoms. The van der Waals surface area contributed by atoms with Crippen molar-refractivity contribution >= 4 is 5.82 Å². The molecule has 4 heterocycles. The Kier molecular flexibility index (Phi) is 3.54. The van der Waals surface area contributed by atoms with E-state index in [9.17, 15) is 13.2 Å². The molecule has 25 heavy (non-hydrogen) atoms. The minimum absolute atomic E-state index is 0.0423. The molecule has 0 saturated carbocycles. The molecule has 2 N–H and O–H groups in total. The summed E-state index contributed by atoms with van der Waals surface area (Å²) in [6, 6.07) is 1.87. The highest BCUT2D eigenvalue weighted by Gasteiger charge is 2.39. The lowest BCUT2D eigenvalue weighted by Gasteiger charge is -2.35. The zero-order valence-electron chi connectivity index (χ0n) is 14.0. The van der Waals surface area contributed by atoms with Crippen LogP contribution in [0.1, 0.15) is 29.9 Å². The molecule has 2 aromatic rings. The summed E-state index contributed by atoms with van der Waals surface area (Å²) < 4.78 is 39.7. The first-order chi connectivity index (χ1) is 11.8. The molecule has 0 aliphatic carbocycles. The Bertz CT molecular complexity index is 820. The van der Waals surface area contributed by atoms with Gasteiger partial charge in [-0.2, -0.15) is 18.3 Å². The fraction of sp³-hybridized carbons (Fsp3) is 0.562. The first-order valence-electron chi connectivity index (χ1n) is 8.25. The Morgan fingerprint density at radius 2 is 2.04 bits per heavy atom. The van der Waals surface area contributed by atoms with Crippen molar-refractivity contribution < 1.29 is 13.2 Å². The summed E-state index contributed by atoms with van der Waals surface area (Å²) in [7, 11) is 1.25. The van der Waals surface area contributed by atoms with E-state index in [2.05, 4.69) is 25.7 Å². The van der Waals surface area contributed by atoms with Gasteiger partial charge in [0.25, 0.3) is 0 Å². The molecule has 2 aliphatic rings. The summed E-state index contributed by atoms with van der Waals surface area (Å²) in [6.45, 7) is 3.66. The molecule has 9 heteroatoms. The van der Waals surface area contributed by atoms with E-state index in [1.54, 1.807) is 6.92 Å². The summed E-state index contributed by atoms with van der Waals surface area (Å²) in [5.74, 6) is -0.123. The van der Waals surface area contributed by atoms with Crippen molar-refractivity contribution in [1.29, 1.82) is 0 Å². The second-order valence-electron chi connectivity index (χ2n) is 6.84. The van der Waals surface area contributed by atoms with Gasteiger partial charge in [-0.15, -0.1) is 0 Å². The lowest BCUT2D eigenvalue weighted by molar-refractivity contribution is -0.147. The van der Waals surface area contributed by atoms with Crippen molar-refractivity contribution in [3.05, 3.63) is 23.1 Å². The molecule has 2 aliphatic heterocycles. The summed E-state index contributed by atoms with van der Waals surface area (Å²) in [5, 5.41) is 10.8. The second kappa shape index (κ2) is 5.42. The van der Waals surface area contributed by atoms with Gasteiger partial charge in [-0.05, 0) is 44.4 Å². The van der Waals surface area contributed by atoms with Gasteiger partial charge in [0.05, 0.1) is 11.2 Å². The quantitative estimate of drug-likeness (QED) is 0.824. The van der Waals surface area contributed by atoms with Crippen LogP contribution >= 0.6 is 0 Å². The molecule has 134 valence electrons. The maximum atomic E-state index is 13.0. The maximum Gasteiger partial charge on any atom is 0.451 e. The summed E-state index contributed by atoms with van der Waals surface area (Å²) in [6.07, 6.45) is -1.67. The predicted molar refractivity (Wildman–Crippen MR) is 86.1 cm³/mol. The molecular formula is C16H19F3N6. The van der Waals surface area contributed by atoms with E-state index in [0.717, 1.165) is 48.4 Å². The third kappa shape index (κ3) is 2.76. The maximum absolute atomic E-state index is 13.0. The Morgan fingerprint density at radius 1 is 1.24 bits per heavy atom. The number of hydrogen-bond donors (Lipinski definition) is 2.